The third-order valence-electron chi connectivity index (χ3n) is 9.89. The first-order chi connectivity index (χ1) is 27.5. The lowest BCUT2D eigenvalue weighted by atomic mass is 10.0. The van der Waals surface area contributed by atoms with Gasteiger partial charge in [-0.15, -0.1) is 0 Å². The van der Waals surface area contributed by atoms with Crippen LogP contribution >= 0.6 is 0 Å². The molecule has 0 aliphatic carbocycles. The van der Waals surface area contributed by atoms with Crippen LogP contribution in [-0.2, 0) is 29.1 Å². The number of nitriles is 1. The van der Waals surface area contributed by atoms with Gasteiger partial charge in [0.05, 0.1) is 23.0 Å². The van der Waals surface area contributed by atoms with Crippen LogP contribution in [0.15, 0.2) is 85.2 Å². The quantitative estimate of drug-likeness (QED) is 0.198. The summed E-state index contributed by atoms with van der Waals surface area (Å²) in [6.45, 7) is 22.2. The van der Waals surface area contributed by atoms with Gasteiger partial charge in [-0.25, -0.2) is 9.59 Å². The van der Waals surface area contributed by atoms with E-state index < -0.39 is 11.2 Å². The van der Waals surface area contributed by atoms with E-state index in [4.69, 9.17) is 20.5 Å². The van der Waals surface area contributed by atoms with Crippen molar-refractivity contribution in [3.05, 3.63) is 107 Å². The molecule has 12 heteroatoms. The fourth-order valence-corrected chi connectivity index (χ4v) is 7.13. The number of aromatic nitrogens is 2. The second kappa shape index (κ2) is 19.4. The number of ether oxygens (including phenoxy) is 2. The summed E-state index contributed by atoms with van der Waals surface area (Å²) in [4.78, 5) is 42.1. The Kier molecular flexibility index (Phi) is 14.6. The van der Waals surface area contributed by atoms with Gasteiger partial charge in [-0.1, -0.05) is 36.4 Å². The molecule has 2 aliphatic heterocycles. The Morgan fingerprint density at radius 3 is 1.59 bits per heavy atom. The number of piperazine rings is 2. The van der Waals surface area contributed by atoms with Crippen molar-refractivity contribution in [3.8, 4) is 28.6 Å². The summed E-state index contributed by atoms with van der Waals surface area (Å²) in [6.07, 6.45) is 3.01. The molecule has 2 aromatic heterocycles. The summed E-state index contributed by atoms with van der Waals surface area (Å²) in [5.74, 6) is 0. The van der Waals surface area contributed by atoms with Crippen LogP contribution in [0.2, 0.25) is 0 Å². The molecule has 4 aromatic rings. The number of pyridine rings is 2. The Balaban J connectivity index is 0.000000221. The molecule has 2 aromatic carbocycles. The van der Waals surface area contributed by atoms with Crippen molar-refractivity contribution < 1.29 is 19.1 Å². The summed E-state index contributed by atoms with van der Waals surface area (Å²) < 4.78 is 11.1. The van der Waals surface area contributed by atoms with Crippen LogP contribution in [0.3, 0.4) is 0 Å². The number of carbonyl (C=O) groups is 2. The molecule has 2 N–H and O–H groups in total. The standard InChI is InChI=1S/C23H32N4O2.C23H28N4O2/c2*1-17-15-26(10-11-27(17)22(28)29-23(2,3)4)16-19-6-5-7-20(12-19)21-13-18(14-24)8-9-25-21/h5-9,12-13,17H,10-11,14-16,24H2,1-4H3;5-9,12-13,17H,10-11,15-16H2,1-4H3/t2*17-/m00/s1. The van der Waals surface area contributed by atoms with Gasteiger partial charge in [0.2, 0.25) is 0 Å². The average Bonchev–Trinajstić information content (AvgIpc) is 3.17. The molecule has 0 radical (unpaired) electrons. The maximum atomic E-state index is 12.4. The van der Waals surface area contributed by atoms with Crippen LogP contribution in [0.25, 0.3) is 22.5 Å². The van der Waals surface area contributed by atoms with Gasteiger partial charge in [-0.2, -0.15) is 5.26 Å². The minimum Gasteiger partial charge on any atom is -0.444 e. The summed E-state index contributed by atoms with van der Waals surface area (Å²) in [6, 6.07) is 26.6. The summed E-state index contributed by atoms with van der Waals surface area (Å²) in [5.41, 5.74) is 12.7. The van der Waals surface area contributed by atoms with Crippen LogP contribution in [0.1, 0.15) is 77.6 Å². The molecule has 0 unspecified atom stereocenters. The maximum Gasteiger partial charge on any atom is 0.410 e. The van der Waals surface area contributed by atoms with Gasteiger partial charge in [0.25, 0.3) is 0 Å². The zero-order valence-corrected chi connectivity index (χ0v) is 35.4. The second-order valence-corrected chi connectivity index (χ2v) is 17.2. The lowest BCUT2D eigenvalue weighted by molar-refractivity contribution is -0.000425. The fraction of sp³-hybridized carbons (Fsp3) is 0.457. The van der Waals surface area contributed by atoms with Crippen LogP contribution in [0.5, 0.6) is 0 Å². The van der Waals surface area contributed by atoms with Crippen molar-refractivity contribution in [2.75, 3.05) is 39.3 Å². The monoisotopic (exact) mass is 788 g/mol. The molecule has 0 spiro atoms. The number of nitrogens with two attached hydrogens (primary N) is 1. The van der Waals surface area contributed by atoms with Crippen molar-refractivity contribution in [2.45, 2.75) is 98.3 Å². The molecule has 6 rings (SSSR count). The predicted molar refractivity (Wildman–Crippen MR) is 227 cm³/mol. The summed E-state index contributed by atoms with van der Waals surface area (Å²) in [7, 11) is 0. The fourth-order valence-electron chi connectivity index (χ4n) is 7.13. The highest BCUT2D eigenvalue weighted by Gasteiger charge is 2.32. The number of nitrogens with zero attached hydrogens (tertiary/aromatic N) is 7. The van der Waals surface area contributed by atoms with E-state index >= 15 is 0 Å². The van der Waals surface area contributed by atoms with Crippen LogP contribution in [0, 0.1) is 11.3 Å². The number of hydrogen-bond acceptors (Lipinski definition) is 10. The summed E-state index contributed by atoms with van der Waals surface area (Å²) in [5, 5.41) is 9.11. The van der Waals surface area contributed by atoms with Gasteiger partial charge < -0.3 is 25.0 Å². The molecule has 308 valence electrons. The van der Waals surface area contributed by atoms with Crippen molar-refractivity contribution in [1.29, 1.82) is 5.26 Å². The molecule has 0 saturated carbocycles. The first-order valence-corrected chi connectivity index (χ1v) is 20.1. The first kappa shape index (κ1) is 43.8. The Labute approximate surface area is 344 Å². The molecule has 4 heterocycles. The highest BCUT2D eigenvalue weighted by molar-refractivity contribution is 5.69. The van der Waals surface area contributed by atoms with Gasteiger partial charge in [0.1, 0.15) is 11.2 Å². The van der Waals surface area contributed by atoms with E-state index in [9.17, 15) is 9.59 Å². The largest absolute Gasteiger partial charge is 0.444 e. The highest BCUT2D eigenvalue weighted by atomic mass is 16.6. The maximum absolute atomic E-state index is 12.4. The molecular weight excluding hydrogens is 729 g/mol. The van der Waals surface area contributed by atoms with E-state index in [2.05, 4.69) is 76.1 Å². The Hall–Kier alpha value is -5.35. The zero-order chi connectivity index (χ0) is 42.0. The van der Waals surface area contributed by atoms with Gasteiger partial charge >= 0.3 is 12.2 Å². The molecule has 2 saturated heterocycles. The van der Waals surface area contributed by atoms with Crippen LogP contribution < -0.4 is 5.73 Å². The number of hydrogen-bond donors (Lipinski definition) is 1. The van der Waals surface area contributed by atoms with E-state index in [0.717, 1.165) is 67.3 Å². The zero-order valence-electron chi connectivity index (χ0n) is 35.4. The number of rotatable bonds is 7. The molecule has 2 fully saturated rings. The van der Waals surface area contributed by atoms with Gasteiger partial charge in [-0.05, 0) is 108 Å². The lowest BCUT2D eigenvalue weighted by Crippen LogP contribution is -2.54. The van der Waals surface area contributed by atoms with Gasteiger partial charge in [0.15, 0.2) is 0 Å². The Bertz CT molecular complexity index is 2050. The molecule has 2 aliphatic rings. The minimum atomic E-state index is -0.481. The topological polar surface area (TPSA) is 141 Å². The van der Waals surface area contributed by atoms with E-state index in [1.807, 2.05) is 81.8 Å². The number of carbonyl (C=O) groups excluding carboxylic acids is 2. The van der Waals surface area contributed by atoms with E-state index in [1.165, 1.54) is 11.1 Å². The highest BCUT2D eigenvalue weighted by Crippen LogP contribution is 2.24. The van der Waals surface area contributed by atoms with Gasteiger partial charge in [-0.3, -0.25) is 19.8 Å². The Morgan fingerprint density at radius 1 is 0.690 bits per heavy atom. The van der Waals surface area contributed by atoms with Crippen molar-refractivity contribution in [2.24, 2.45) is 5.73 Å². The Morgan fingerprint density at radius 2 is 1.16 bits per heavy atom. The number of benzene rings is 2. The number of amides is 2. The van der Waals surface area contributed by atoms with E-state index in [-0.39, 0.29) is 24.3 Å². The van der Waals surface area contributed by atoms with Crippen molar-refractivity contribution >= 4 is 12.2 Å². The average molecular weight is 789 g/mol. The molecule has 2 atom stereocenters. The molecule has 0 bridgehead atoms. The second-order valence-electron chi connectivity index (χ2n) is 17.2. The lowest BCUT2D eigenvalue weighted by Gasteiger charge is -2.40. The normalized spacial score (nSPS) is 17.8. The molecule has 58 heavy (non-hydrogen) atoms. The van der Waals surface area contributed by atoms with Crippen molar-refractivity contribution in [3.63, 3.8) is 0 Å². The smallest absolute Gasteiger partial charge is 0.410 e. The summed E-state index contributed by atoms with van der Waals surface area (Å²) >= 11 is 0. The van der Waals surface area contributed by atoms with E-state index in [1.54, 1.807) is 18.3 Å². The first-order valence-electron chi connectivity index (χ1n) is 20.1. The van der Waals surface area contributed by atoms with Crippen molar-refractivity contribution in [1.82, 2.24) is 29.6 Å². The predicted octanol–water partition coefficient (Wildman–Crippen LogP) is 7.71. The third kappa shape index (κ3) is 12.8. The van der Waals surface area contributed by atoms with Crippen LogP contribution in [0.4, 0.5) is 9.59 Å². The van der Waals surface area contributed by atoms with Crippen LogP contribution in [-0.4, -0.2) is 104 Å². The van der Waals surface area contributed by atoms with Gasteiger partial charge in [0, 0.05) is 94.5 Å². The molecule has 12 nitrogen and oxygen atoms in total. The minimum absolute atomic E-state index is 0.0933. The molecular formula is C46H60N8O4. The SMILES string of the molecule is C[C@H]1CN(Cc2cccc(-c3cc(C#N)ccn3)c2)CCN1C(=O)OC(C)(C)C.C[C@H]1CN(Cc2cccc(-c3cc(CN)ccn3)c2)CCN1C(=O)OC(C)(C)C. The van der Waals surface area contributed by atoms with E-state index in [0.29, 0.717) is 25.2 Å². The molecule has 2 amide bonds. The third-order valence-corrected chi connectivity index (χ3v) is 9.89.